The number of aliphatic imine (C=N–C) groups is 1. The standard InChI is InChI=1S/C22H31N7O2/c1-23-21(27(2)17-18-7-4-5-8-19(18)31-3)26-12-9-20(30)28-13-15-29(16-14-28)22-24-10-6-11-25-22/h4-8,10-11H,9,12-17H2,1-3H3,(H,23,26). The van der Waals surface area contributed by atoms with Crippen molar-refractivity contribution in [2.75, 3.05) is 58.8 Å². The fraction of sp³-hybridized carbons (Fsp3) is 0.455. The molecule has 0 aliphatic carbocycles. The summed E-state index contributed by atoms with van der Waals surface area (Å²) < 4.78 is 5.43. The molecular weight excluding hydrogens is 394 g/mol. The minimum Gasteiger partial charge on any atom is -0.496 e. The third kappa shape index (κ3) is 6.07. The number of nitrogens with one attached hydrogen (secondary N) is 1. The number of carbonyl (C=O) groups is 1. The van der Waals surface area contributed by atoms with E-state index in [0.29, 0.717) is 32.6 Å². The number of amides is 1. The quantitative estimate of drug-likeness (QED) is 0.527. The molecule has 9 heteroatoms. The van der Waals surface area contributed by atoms with Crippen LogP contribution in [0.5, 0.6) is 5.75 Å². The Balaban J connectivity index is 1.43. The number of piperazine rings is 1. The number of para-hydroxylation sites is 1. The summed E-state index contributed by atoms with van der Waals surface area (Å²) in [5.41, 5.74) is 1.08. The van der Waals surface area contributed by atoms with Gasteiger partial charge in [0.05, 0.1) is 7.11 Å². The highest BCUT2D eigenvalue weighted by Gasteiger charge is 2.22. The van der Waals surface area contributed by atoms with Gasteiger partial charge in [0.25, 0.3) is 0 Å². The normalized spacial score (nSPS) is 14.4. The summed E-state index contributed by atoms with van der Waals surface area (Å²) in [5, 5.41) is 3.29. The molecule has 1 saturated heterocycles. The van der Waals surface area contributed by atoms with Gasteiger partial charge in [-0.25, -0.2) is 9.97 Å². The van der Waals surface area contributed by atoms with Crippen molar-refractivity contribution >= 4 is 17.8 Å². The van der Waals surface area contributed by atoms with Crippen molar-refractivity contribution in [1.29, 1.82) is 0 Å². The van der Waals surface area contributed by atoms with Crippen molar-refractivity contribution in [2.24, 2.45) is 4.99 Å². The number of benzene rings is 1. The molecule has 1 aliphatic heterocycles. The summed E-state index contributed by atoms with van der Waals surface area (Å²) in [6.07, 6.45) is 3.90. The zero-order valence-corrected chi connectivity index (χ0v) is 18.5. The Bertz CT molecular complexity index is 867. The topological polar surface area (TPSA) is 86.2 Å². The summed E-state index contributed by atoms with van der Waals surface area (Å²) in [5.74, 6) is 2.45. The largest absolute Gasteiger partial charge is 0.496 e. The second kappa shape index (κ2) is 11.1. The average molecular weight is 426 g/mol. The SMILES string of the molecule is CN=C(NCCC(=O)N1CCN(c2ncccn2)CC1)N(C)Cc1ccccc1OC. The predicted molar refractivity (Wildman–Crippen MR) is 121 cm³/mol. The molecule has 0 unspecified atom stereocenters. The number of aromatic nitrogens is 2. The molecule has 0 radical (unpaired) electrons. The second-order valence-electron chi connectivity index (χ2n) is 7.31. The molecule has 31 heavy (non-hydrogen) atoms. The fourth-order valence-corrected chi connectivity index (χ4v) is 3.60. The number of carbonyl (C=O) groups excluding carboxylic acids is 1. The maximum Gasteiger partial charge on any atom is 0.225 e. The average Bonchev–Trinajstić information content (AvgIpc) is 2.82. The van der Waals surface area contributed by atoms with Crippen LogP contribution >= 0.6 is 0 Å². The van der Waals surface area contributed by atoms with Crippen molar-refractivity contribution in [3.05, 3.63) is 48.3 Å². The van der Waals surface area contributed by atoms with Gasteiger partial charge < -0.3 is 24.8 Å². The van der Waals surface area contributed by atoms with Gasteiger partial charge in [0.1, 0.15) is 5.75 Å². The lowest BCUT2D eigenvalue weighted by molar-refractivity contribution is -0.131. The third-order valence-corrected chi connectivity index (χ3v) is 5.26. The van der Waals surface area contributed by atoms with Gasteiger partial charge >= 0.3 is 0 Å². The number of nitrogens with zero attached hydrogens (tertiary/aromatic N) is 6. The molecule has 1 aliphatic rings. The number of hydrogen-bond acceptors (Lipinski definition) is 6. The molecule has 0 spiro atoms. The van der Waals surface area contributed by atoms with Gasteiger partial charge in [-0.15, -0.1) is 0 Å². The van der Waals surface area contributed by atoms with E-state index in [1.54, 1.807) is 32.6 Å². The number of ether oxygens (including phenoxy) is 1. The van der Waals surface area contributed by atoms with E-state index in [1.807, 2.05) is 41.1 Å². The minimum absolute atomic E-state index is 0.143. The van der Waals surface area contributed by atoms with Crippen LogP contribution in [0.15, 0.2) is 47.7 Å². The first-order valence-electron chi connectivity index (χ1n) is 10.5. The first kappa shape index (κ1) is 22.3. The molecular formula is C22H31N7O2. The zero-order valence-electron chi connectivity index (χ0n) is 18.5. The lowest BCUT2D eigenvalue weighted by Crippen LogP contribution is -2.50. The highest BCUT2D eigenvalue weighted by molar-refractivity contribution is 5.81. The Morgan fingerprint density at radius 2 is 1.87 bits per heavy atom. The van der Waals surface area contributed by atoms with Crippen LogP contribution in [0.25, 0.3) is 0 Å². The predicted octanol–water partition coefficient (Wildman–Crippen LogP) is 1.23. The van der Waals surface area contributed by atoms with Crippen molar-refractivity contribution in [2.45, 2.75) is 13.0 Å². The molecule has 1 aromatic heterocycles. The van der Waals surface area contributed by atoms with E-state index in [9.17, 15) is 4.79 Å². The van der Waals surface area contributed by atoms with E-state index in [0.717, 1.165) is 36.3 Å². The summed E-state index contributed by atoms with van der Waals surface area (Å²) in [6.45, 7) is 4.03. The molecule has 0 bridgehead atoms. The van der Waals surface area contributed by atoms with E-state index < -0.39 is 0 Å². The van der Waals surface area contributed by atoms with Gasteiger partial charge in [0, 0.05) is 77.7 Å². The Morgan fingerprint density at radius 1 is 1.16 bits per heavy atom. The zero-order chi connectivity index (χ0) is 22.1. The molecule has 0 saturated carbocycles. The molecule has 0 atom stereocenters. The minimum atomic E-state index is 0.143. The maximum atomic E-state index is 12.6. The molecule has 1 aromatic carbocycles. The van der Waals surface area contributed by atoms with Gasteiger partial charge in [0.15, 0.2) is 5.96 Å². The third-order valence-electron chi connectivity index (χ3n) is 5.26. The fourth-order valence-electron chi connectivity index (χ4n) is 3.60. The van der Waals surface area contributed by atoms with Gasteiger partial charge in [-0.05, 0) is 12.1 Å². The first-order chi connectivity index (χ1) is 15.1. The van der Waals surface area contributed by atoms with Crippen molar-refractivity contribution in [1.82, 2.24) is 25.1 Å². The lowest BCUT2D eigenvalue weighted by atomic mass is 10.2. The highest BCUT2D eigenvalue weighted by atomic mass is 16.5. The number of methoxy groups -OCH3 is 1. The van der Waals surface area contributed by atoms with E-state index in [-0.39, 0.29) is 5.91 Å². The molecule has 2 aromatic rings. The van der Waals surface area contributed by atoms with Crippen LogP contribution in [0, 0.1) is 0 Å². The van der Waals surface area contributed by atoms with Crippen LogP contribution in [0.1, 0.15) is 12.0 Å². The summed E-state index contributed by atoms with van der Waals surface area (Å²) >= 11 is 0. The summed E-state index contributed by atoms with van der Waals surface area (Å²) in [6, 6.07) is 9.73. The molecule has 166 valence electrons. The number of guanidine groups is 1. The lowest BCUT2D eigenvalue weighted by Gasteiger charge is -2.34. The van der Waals surface area contributed by atoms with E-state index in [4.69, 9.17) is 4.74 Å². The van der Waals surface area contributed by atoms with Gasteiger partial charge in [-0.1, -0.05) is 18.2 Å². The maximum absolute atomic E-state index is 12.6. The van der Waals surface area contributed by atoms with E-state index >= 15 is 0 Å². The van der Waals surface area contributed by atoms with Crippen LogP contribution in [0.2, 0.25) is 0 Å². The molecule has 1 N–H and O–H groups in total. The Hall–Kier alpha value is -3.36. The summed E-state index contributed by atoms with van der Waals surface area (Å²) in [7, 11) is 5.38. The van der Waals surface area contributed by atoms with Crippen LogP contribution in [-0.2, 0) is 11.3 Å². The Morgan fingerprint density at radius 3 is 2.55 bits per heavy atom. The Kier molecular flexibility index (Phi) is 8.03. The second-order valence-corrected chi connectivity index (χ2v) is 7.31. The van der Waals surface area contributed by atoms with Crippen molar-refractivity contribution in [3.63, 3.8) is 0 Å². The molecule has 1 amide bonds. The van der Waals surface area contributed by atoms with Crippen LogP contribution in [-0.4, -0.2) is 85.6 Å². The monoisotopic (exact) mass is 425 g/mol. The van der Waals surface area contributed by atoms with E-state index in [1.165, 1.54) is 0 Å². The molecule has 1 fully saturated rings. The number of hydrogen-bond donors (Lipinski definition) is 1. The summed E-state index contributed by atoms with van der Waals surface area (Å²) in [4.78, 5) is 31.6. The van der Waals surface area contributed by atoms with Crippen LogP contribution in [0.4, 0.5) is 5.95 Å². The van der Waals surface area contributed by atoms with Crippen molar-refractivity contribution < 1.29 is 9.53 Å². The van der Waals surface area contributed by atoms with E-state index in [2.05, 4.69) is 25.2 Å². The molecule has 9 nitrogen and oxygen atoms in total. The highest BCUT2D eigenvalue weighted by Crippen LogP contribution is 2.18. The smallest absolute Gasteiger partial charge is 0.225 e. The van der Waals surface area contributed by atoms with Crippen LogP contribution in [0.3, 0.4) is 0 Å². The van der Waals surface area contributed by atoms with Gasteiger partial charge in [-0.3, -0.25) is 9.79 Å². The number of anilines is 1. The van der Waals surface area contributed by atoms with Gasteiger partial charge in [-0.2, -0.15) is 0 Å². The van der Waals surface area contributed by atoms with Gasteiger partial charge in [0.2, 0.25) is 11.9 Å². The molecule has 2 heterocycles. The first-order valence-corrected chi connectivity index (χ1v) is 10.5. The van der Waals surface area contributed by atoms with Crippen molar-refractivity contribution in [3.8, 4) is 5.75 Å². The molecule has 3 rings (SSSR count). The number of rotatable bonds is 7. The van der Waals surface area contributed by atoms with Crippen LogP contribution < -0.4 is 15.0 Å². The Labute approximate surface area is 183 Å².